The van der Waals surface area contributed by atoms with Gasteiger partial charge < -0.3 is 10.1 Å². The van der Waals surface area contributed by atoms with Gasteiger partial charge in [0.05, 0.1) is 5.75 Å². The Labute approximate surface area is 120 Å². The lowest BCUT2D eigenvalue weighted by Crippen LogP contribution is -2.31. The maximum atomic E-state index is 11.5. The van der Waals surface area contributed by atoms with Crippen LogP contribution in [0.5, 0.6) is 5.75 Å². The molecule has 0 radical (unpaired) electrons. The minimum atomic E-state index is -3.16. The SMILES string of the molecule is CN(C)S(=O)(=O)CCNCc1cccc(OCC#N)c1. The number of ether oxygens (including phenoxy) is 1. The zero-order chi connectivity index (χ0) is 15.0. The molecular weight excluding hydrogens is 278 g/mol. The lowest BCUT2D eigenvalue weighted by atomic mass is 10.2. The molecule has 0 amide bonds. The standard InChI is InChI=1S/C13H19N3O3S/c1-16(2)20(17,18)9-7-15-11-12-4-3-5-13(10-12)19-8-6-14/h3-5,10,15H,7-9,11H2,1-2H3. The fourth-order valence-electron chi connectivity index (χ4n) is 1.48. The summed E-state index contributed by atoms with van der Waals surface area (Å²) in [5, 5.41) is 11.5. The van der Waals surface area contributed by atoms with Crippen LogP contribution in [-0.2, 0) is 16.6 Å². The monoisotopic (exact) mass is 297 g/mol. The van der Waals surface area contributed by atoms with Crippen molar-refractivity contribution in [3.8, 4) is 11.8 Å². The van der Waals surface area contributed by atoms with Crippen LogP contribution in [0.25, 0.3) is 0 Å². The topological polar surface area (TPSA) is 82.4 Å². The third-order valence-electron chi connectivity index (χ3n) is 2.62. The molecule has 0 atom stereocenters. The van der Waals surface area contributed by atoms with Crippen LogP contribution < -0.4 is 10.1 Å². The maximum absolute atomic E-state index is 11.5. The van der Waals surface area contributed by atoms with Crippen molar-refractivity contribution in [1.82, 2.24) is 9.62 Å². The Morgan fingerprint density at radius 1 is 1.40 bits per heavy atom. The van der Waals surface area contributed by atoms with E-state index in [0.29, 0.717) is 18.8 Å². The number of hydrogen-bond donors (Lipinski definition) is 1. The Bertz CT molecular complexity index is 564. The fraction of sp³-hybridized carbons (Fsp3) is 0.462. The van der Waals surface area contributed by atoms with Crippen LogP contribution in [0.3, 0.4) is 0 Å². The molecule has 110 valence electrons. The molecule has 0 fully saturated rings. The van der Waals surface area contributed by atoms with Crippen molar-refractivity contribution in [2.75, 3.05) is 33.0 Å². The molecule has 0 saturated carbocycles. The summed E-state index contributed by atoms with van der Waals surface area (Å²) >= 11 is 0. The lowest BCUT2D eigenvalue weighted by molar-refractivity contribution is 0.367. The second kappa shape index (κ2) is 7.85. The van der Waals surface area contributed by atoms with Gasteiger partial charge in [-0.3, -0.25) is 0 Å². The van der Waals surface area contributed by atoms with Gasteiger partial charge in [-0.1, -0.05) is 12.1 Å². The van der Waals surface area contributed by atoms with Gasteiger partial charge in [-0.15, -0.1) is 0 Å². The molecule has 1 N–H and O–H groups in total. The number of rotatable bonds is 8. The van der Waals surface area contributed by atoms with E-state index in [1.807, 2.05) is 24.3 Å². The molecule has 20 heavy (non-hydrogen) atoms. The molecule has 0 bridgehead atoms. The highest BCUT2D eigenvalue weighted by Gasteiger charge is 2.12. The van der Waals surface area contributed by atoms with E-state index >= 15 is 0 Å². The van der Waals surface area contributed by atoms with Gasteiger partial charge in [-0.2, -0.15) is 5.26 Å². The molecule has 7 heteroatoms. The minimum Gasteiger partial charge on any atom is -0.479 e. The van der Waals surface area contributed by atoms with Crippen molar-refractivity contribution in [2.24, 2.45) is 0 Å². The highest BCUT2D eigenvalue weighted by molar-refractivity contribution is 7.89. The molecule has 0 heterocycles. The van der Waals surface area contributed by atoms with E-state index in [9.17, 15) is 8.42 Å². The molecule has 0 spiro atoms. The van der Waals surface area contributed by atoms with Crippen molar-refractivity contribution in [1.29, 1.82) is 5.26 Å². The molecule has 0 aliphatic rings. The number of benzene rings is 1. The number of nitriles is 1. The van der Waals surface area contributed by atoms with Gasteiger partial charge in [0.2, 0.25) is 10.0 Å². The van der Waals surface area contributed by atoms with Crippen molar-refractivity contribution in [2.45, 2.75) is 6.54 Å². The van der Waals surface area contributed by atoms with Gasteiger partial charge in [0.1, 0.15) is 11.8 Å². The lowest BCUT2D eigenvalue weighted by Gasteiger charge is -2.11. The Balaban J connectivity index is 2.41. The van der Waals surface area contributed by atoms with Crippen LogP contribution >= 0.6 is 0 Å². The van der Waals surface area contributed by atoms with Gasteiger partial charge in [-0.05, 0) is 17.7 Å². The zero-order valence-corrected chi connectivity index (χ0v) is 12.5. The Morgan fingerprint density at radius 2 is 2.15 bits per heavy atom. The number of nitrogens with one attached hydrogen (secondary N) is 1. The quantitative estimate of drug-likeness (QED) is 0.709. The number of hydrogen-bond acceptors (Lipinski definition) is 5. The van der Waals surface area contributed by atoms with E-state index in [-0.39, 0.29) is 12.4 Å². The summed E-state index contributed by atoms with van der Waals surface area (Å²) in [6.07, 6.45) is 0. The summed E-state index contributed by atoms with van der Waals surface area (Å²) in [7, 11) is -0.124. The van der Waals surface area contributed by atoms with E-state index in [2.05, 4.69) is 5.32 Å². The Morgan fingerprint density at radius 3 is 2.80 bits per heavy atom. The maximum Gasteiger partial charge on any atom is 0.214 e. The van der Waals surface area contributed by atoms with Crippen LogP contribution in [0.2, 0.25) is 0 Å². The van der Waals surface area contributed by atoms with E-state index in [1.54, 1.807) is 6.07 Å². The summed E-state index contributed by atoms with van der Waals surface area (Å²) in [5.74, 6) is 0.691. The molecule has 6 nitrogen and oxygen atoms in total. The Hall–Kier alpha value is -1.62. The van der Waals surface area contributed by atoms with Crippen LogP contribution in [0.15, 0.2) is 24.3 Å². The summed E-state index contributed by atoms with van der Waals surface area (Å²) in [5.41, 5.74) is 0.975. The third-order valence-corrected chi connectivity index (χ3v) is 4.46. The summed E-state index contributed by atoms with van der Waals surface area (Å²) in [6.45, 7) is 0.939. The average Bonchev–Trinajstić information content (AvgIpc) is 2.41. The van der Waals surface area contributed by atoms with Crippen molar-refractivity contribution in [3.05, 3.63) is 29.8 Å². The molecule has 1 rings (SSSR count). The highest BCUT2D eigenvalue weighted by Crippen LogP contribution is 2.12. The van der Waals surface area contributed by atoms with Gasteiger partial charge >= 0.3 is 0 Å². The van der Waals surface area contributed by atoms with Gasteiger partial charge in [0, 0.05) is 27.2 Å². The smallest absolute Gasteiger partial charge is 0.214 e. The van der Waals surface area contributed by atoms with Crippen LogP contribution in [0.1, 0.15) is 5.56 Å². The van der Waals surface area contributed by atoms with E-state index < -0.39 is 10.0 Å². The van der Waals surface area contributed by atoms with Crippen molar-refractivity contribution >= 4 is 10.0 Å². The molecule has 0 aliphatic carbocycles. The molecular formula is C13H19N3O3S. The first-order chi connectivity index (χ1) is 9.45. The number of nitrogens with zero attached hydrogens (tertiary/aromatic N) is 2. The molecule has 0 saturated heterocycles. The molecule has 0 aromatic heterocycles. The first-order valence-electron chi connectivity index (χ1n) is 6.15. The first-order valence-corrected chi connectivity index (χ1v) is 7.76. The molecule has 0 unspecified atom stereocenters. The van der Waals surface area contributed by atoms with E-state index in [1.165, 1.54) is 18.4 Å². The van der Waals surface area contributed by atoms with Gasteiger partial charge in [-0.25, -0.2) is 12.7 Å². The Kier molecular flexibility index (Phi) is 6.45. The molecule has 1 aromatic rings. The van der Waals surface area contributed by atoms with Crippen molar-refractivity contribution < 1.29 is 13.2 Å². The predicted octanol–water partition coefficient (Wildman–Crippen LogP) is 0.570. The second-order valence-corrected chi connectivity index (χ2v) is 6.67. The summed E-state index contributed by atoms with van der Waals surface area (Å²) in [6, 6.07) is 9.25. The molecule has 1 aromatic carbocycles. The number of sulfonamides is 1. The van der Waals surface area contributed by atoms with E-state index in [4.69, 9.17) is 10.00 Å². The first kappa shape index (κ1) is 16.4. The van der Waals surface area contributed by atoms with Gasteiger partial charge in [0.25, 0.3) is 0 Å². The minimum absolute atomic E-state index is 0.0119. The third kappa shape index (κ3) is 5.57. The van der Waals surface area contributed by atoms with Crippen LogP contribution in [-0.4, -0.2) is 45.7 Å². The zero-order valence-electron chi connectivity index (χ0n) is 11.7. The largest absolute Gasteiger partial charge is 0.479 e. The second-order valence-electron chi connectivity index (χ2n) is 4.37. The van der Waals surface area contributed by atoms with E-state index in [0.717, 1.165) is 5.56 Å². The van der Waals surface area contributed by atoms with Crippen molar-refractivity contribution in [3.63, 3.8) is 0 Å². The normalized spacial score (nSPS) is 11.3. The van der Waals surface area contributed by atoms with Gasteiger partial charge in [0.15, 0.2) is 6.61 Å². The van der Waals surface area contributed by atoms with Crippen LogP contribution in [0.4, 0.5) is 0 Å². The van der Waals surface area contributed by atoms with Crippen LogP contribution in [0, 0.1) is 11.3 Å². The highest BCUT2D eigenvalue weighted by atomic mass is 32.2. The summed E-state index contributed by atoms with van der Waals surface area (Å²) in [4.78, 5) is 0. The molecule has 0 aliphatic heterocycles. The fourth-order valence-corrected chi connectivity index (χ4v) is 2.24. The summed E-state index contributed by atoms with van der Waals surface area (Å²) < 4.78 is 29.5. The predicted molar refractivity (Wildman–Crippen MR) is 76.7 cm³/mol. The average molecular weight is 297 g/mol.